The van der Waals surface area contributed by atoms with Crippen molar-refractivity contribution in [3.8, 4) is 0 Å². The van der Waals surface area contributed by atoms with Gasteiger partial charge < -0.3 is 4.74 Å². The van der Waals surface area contributed by atoms with Crippen molar-refractivity contribution >= 4 is 12.0 Å². The summed E-state index contributed by atoms with van der Waals surface area (Å²) in [5.41, 5.74) is 0.828. The molecule has 2 nitrogen and oxygen atoms in total. The highest BCUT2D eigenvalue weighted by atomic mass is 16.6. The van der Waals surface area contributed by atoms with Crippen LogP contribution in [0, 0.1) is 0 Å². The SMILES string of the molecule is CCCCCCC1(OC(=O)C=Cc2ccccc2)CCCCC1. The quantitative estimate of drug-likeness (QED) is 0.338. The van der Waals surface area contributed by atoms with E-state index < -0.39 is 0 Å². The smallest absolute Gasteiger partial charge is 0.331 e. The molecule has 0 aliphatic heterocycles. The van der Waals surface area contributed by atoms with Gasteiger partial charge in [0.2, 0.25) is 0 Å². The largest absolute Gasteiger partial charge is 0.456 e. The molecule has 0 heterocycles. The van der Waals surface area contributed by atoms with E-state index in [4.69, 9.17) is 4.74 Å². The van der Waals surface area contributed by atoms with Crippen LogP contribution in [0.25, 0.3) is 6.08 Å². The third-order valence-corrected chi connectivity index (χ3v) is 4.78. The first kappa shape index (κ1) is 17.8. The summed E-state index contributed by atoms with van der Waals surface area (Å²) in [5.74, 6) is -0.189. The molecule has 0 saturated heterocycles. The van der Waals surface area contributed by atoms with E-state index in [1.807, 2.05) is 36.4 Å². The Labute approximate surface area is 140 Å². The number of esters is 1. The first-order valence-corrected chi connectivity index (χ1v) is 9.20. The van der Waals surface area contributed by atoms with Gasteiger partial charge in [-0.1, -0.05) is 62.9 Å². The number of rotatable bonds is 8. The van der Waals surface area contributed by atoms with Gasteiger partial charge in [-0.2, -0.15) is 0 Å². The minimum Gasteiger partial charge on any atom is -0.456 e. The molecule has 0 radical (unpaired) electrons. The zero-order chi connectivity index (χ0) is 16.4. The van der Waals surface area contributed by atoms with Crippen LogP contribution < -0.4 is 0 Å². The molecule has 1 aliphatic carbocycles. The van der Waals surface area contributed by atoms with Crippen LogP contribution >= 0.6 is 0 Å². The number of ether oxygens (including phenoxy) is 1. The van der Waals surface area contributed by atoms with Crippen LogP contribution in [0.2, 0.25) is 0 Å². The van der Waals surface area contributed by atoms with Crippen molar-refractivity contribution in [2.24, 2.45) is 0 Å². The maximum Gasteiger partial charge on any atom is 0.331 e. The molecule has 1 aromatic carbocycles. The number of carbonyl (C=O) groups excluding carboxylic acids is 1. The molecule has 0 atom stereocenters. The molecule has 1 saturated carbocycles. The van der Waals surface area contributed by atoms with Gasteiger partial charge in [-0.15, -0.1) is 0 Å². The van der Waals surface area contributed by atoms with Crippen LogP contribution in [0.1, 0.15) is 76.7 Å². The Balaban J connectivity index is 1.91. The van der Waals surface area contributed by atoms with Crippen LogP contribution in [0.4, 0.5) is 0 Å². The van der Waals surface area contributed by atoms with E-state index >= 15 is 0 Å². The molecule has 1 aromatic rings. The molecule has 0 unspecified atom stereocenters. The summed E-state index contributed by atoms with van der Waals surface area (Å²) in [5, 5.41) is 0. The van der Waals surface area contributed by atoms with Crippen molar-refractivity contribution < 1.29 is 9.53 Å². The van der Waals surface area contributed by atoms with Crippen molar-refractivity contribution in [2.75, 3.05) is 0 Å². The number of hydrogen-bond donors (Lipinski definition) is 0. The fourth-order valence-electron chi connectivity index (χ4n) is 3.45. The van der Waals surface area contributed by atoms with Crippen LogP contribution in [-0.4, -0.2) is 11.6 Å². The van der Waals surface area contributed by atoms with E-state index in [2.05, 4.69) is 6.92 Å². The number of unbranched alkanes of at least 4 members (excludes halogenated alkanes) is 3. The summed E-state index contributed by atoms with van der Waals surface area (Å²) in [6.45, 7) is 2.23. The topological polar surface area (TPSA) is 26.3 Å². The molecular weight excluding hydrogens is 284 g/mol. The van der Waals surface area contributed by atoms with Crippen LogP contribution in [0.5, 0.6) is 0 Å². The van der Waals surface area contributed by atoms with Gasteiger partial charge in [0.15, 0.2) is 0 Å². The number of benzene rings is 1. The van der Waals surface area contributed by atoms with Crippen molar-refractivity contribution in [1.29, 1.82) is 0 Å². The predicted molar refractivity (Wildman–Crippen MR) is 96.1 cm³/mol. The molecule has 0 N–H and O–H groups in total. The van der Waals surface area contributed by atoms with Crippen LogP contribution in [0.15, 0.2) is 36.4 Å². The van der Waals surface area contributed by atoms with Gasteiger partial charge in [0, 0.05) is 6.08 Å². The molecule has 1 aliphatic rings. The fraction of sp³-hybridized carbons (Fsp3) is 0.571. The van der Waals surface area contributed by atoms with Crippen LogP contribution in [-0.2, 0) is 9.53 Å². The van der Waals surface area contributed by atoms with Crippen molar-refractivity contribution in [1.82, 2.24) is 0 Å². The van der Waals surface area contributed by atoms with Crippen LogP contribution in [0.3, 0.4) is 0 Å². The molecule has 23 heavy (non-hydrogen) atoms. The maximum absolute atomic E-state index is 12.3. The molecule has 1 fully saturated rings. The van der Waals surface area contributed by atoms with Crippen molar-refractivity contribution in [2.45, 2.75) is 76.7 Å². The van der Waals surface area contributed by atoms with Gasteiger partial charge in [-0.05, 0) is 50.2 Å². The summed E-state index contributed by atoms with van der Waals surface area (Å²) >= 11 is 0. The van der Waals surface area contributed by atoms with E-state index in [0.717, 1.165) is 24.8 Å². The minimum atomic E-state index is -0.204. The lowest BCUT2D eigenvalue weighted by Gasteiger charge is -2.36. The van der Waals surface area contributed by atoms with Gasteiger partial charge in [0.05, 0.1) is 0 Å². The second-order valence-electron chi connectivity index (χ2n) is 6.72. The third-order valence-electron chi connectivity index (χ3n) is 4.78. The zero-order valence-corrected chi connectivity index (χ0v) is 14.4. The Morgan fingerprint density at radius 1 is 1.09 bits per heavy atom. The second-order valence-corrected chi connectivity index (χ2v) is 6.72. The normalized spacial score (nSPS) is 17.3. The minimum absolute atomic E-state index is 0.189. The lowest BCUT2D eigenvalue weighted by molar-refractivity contribution is -0.158. The molecule has 0 bridgehead atoms. The van der Waals surface area contributed by atoms with E-state index in [1.165, 1.54) is 44.9 Å². The number of carbonyl (C=O) groups is 1. The number of hydrogen-bond acceptors (Lipinski definition) is 2. The van der Waals surface area contributed by atoms with Crippen molar-refractivity contribution in [3.05, 3.63) is 42.0 Å². The summed E-state index contributed by atoms with van der Waals surface area (Å²) in [6.07, 6.45) is 15.1. The summed E-state index contributed by atoms with van der Waals surface area (Å²) < 4.78 is 5.96. The van der Waals surface area contributed by atoms with Gasteiger partial charge in [-0.3, -0.25) is 0 Å². The average molecular weight is 314 g/mol. The molecule has 0 spiro atoms. The molecule has 0 aromatic heterocycles. The first-order chi connectivity index (χ1) is 11.2. The monoisotopic (exact) mass is 314 g/mol. The zero-order valence-electron chi connectivity index (χ0n) is 14.4. The Morgan fingerprint density at radius 2 is 1.83 bits per heavy atom. The van der Waals surface area contributed by atoms with E-state index in [1.54, 1.807) is 6.08 Å². The lowest BCUT2D eigenvalue weighted by Crippen LogP contribution is -2.36. The standard InChI is InChI=1S/C21H30O2/c1-2-3-4-9-16-21(17-10-6-11-18-21)23-20(22)15-14-19-12-7-5-8-13-19/h5,7-8,12-15H,2-4,6,9-11,16-18H2,1H3. The third kappa shape index (κ3) is 6.21. The Morgan fingerprint density at radius 3 is 2.52 bits per heavy atom. The molecular formula is C21H30O2. The Bertz CT molecular complexity index is 484. The highest BCUT2D eigenvalue weighted by molar-refractivity contribution is 5.87. The average Bonchev–Trinajstić information content (AvgIpc) is 2.59. The molecule has 126 valence electrons. The first-order valence-electron chi connectivity index (χ1n) is 9.20. The van der Waals surface area contributed by atoms with Gasteiger partial charge in [0.25, 0.3) is 0 Å². The summed E-state index contributed by atoms with van der Waals surface area (Å²) in [6, 6.07) is 9.90. The fourth-order valence-corrected chi connectivity index (χ4v) is 3.45. The molecule has 2 rings (SSSR count). The molecule has 0 amide bonds. The summed E-state index contributed by atoms with van der Waals surface area (Å²) in [7, 11) is 0. The van der Waals surface area contributed by atoms with Gasteiger partial charge in [-0.25, -0.2) is 4.79 Å². The highest BCUT2D eigenvalue weighted by Gasteiger charge is 2.34. The highest BCUT2D eigenvalue weighted by Crippen LogP contribution is 2.36. The lowest BCUT2D eigenvalue weighted by atomic mass is 9.81. The van der Waals surface area contributed by atoms with Gasteiger partial charge >= 0.3 is 5.97 Å². The summed E-state index contributed by atoms with van der Waals surface area (Å²) in [4.78, 5) is 12.3. The van der Waals surface area contributed by atoms with E-state index in [-0.39, 0.29) is 11.6 Å². The van der Waals surface area contributed by atoms with Crippen molar-refractivity contribution in [3.63, 3.8) is 0 Å². The van der Waals surface area contributed by atoms with E-state index in [0.29, 0.717) is 0 Å². The van der Waals surface area contributed by atoms with E-state index in [9.17, 15) is 4.79 Å². The predicted octanol–water partition coefficient (Wildman–Crippen LogP) is 5.92. The van der Waals surface area contributed by atoms with Gasteiger partial charge in [0.1, 0.15) is 5.60 Å². The Kier molecular flexibility index (Phi) is 7.38. The Hall–Kier alpha value is -1.57. The molecule has 2 heteroatoms. The second kappa shape index (κ2) is 9.54. The maximum atomic E-state index is 12.3.